The Balaban J connectivity index is 3.12. The molecule has 1 aromatic heterocycles. The molecule has 6 heteroatoms. The Bertz CT molecular complexity index is 278. The first kappa shape index (κ1) is 7.96. The Kier molecular flexibility index (Phi) is 2.40. The van der Waals surface area contributed by atoms with Crippen LogP contribution in [-0.4, -0.2) is 9.91 Å². The van der Waals surface area contributed by atoms with Gasteiger partial charge in [-0.2, -0.15) is 0 Å². The number of hydrogen-bond donors (Lipinski definition) is 1. The highest BCUT2D eigenvalue weighted by Gasteiger charge is 2.12. The molecule has 0 aliphatic carbocycles. The summed E-state index contributed by atoms with van der Waals surface area (Å²) < 4.78 is 0. The molecular formula is C5H5N3O2S. The van der Waals surface area contributed by atoms with Crippen LogP contribution in [0, 0.1) is 10.1 Å². The molecule has 58 valence electrons. The Morgan fingerprint density at radius 1 is 1.73 bits per heavy atom. The van der Waals surface area contributed by atoms with Crippen molar-refractivity contribution in [2.24, 2.45) is 5.14 Å². The zero-order valence-corrected chi connectivity index (χ0v) is 6.25. The summed E-state index contributed by atoms with van der Waals surface area (Å²) in [5, 5.41) is 15.6. The second kappa shape index (κ2) is 3.31. The van der Waals surface area contributed by atoms with E-state index >= 15 is 0 Å². The maximum atomic E-state index is 10.3. The van der Waals surface area contributed by atoms with E-state index in [1.807, 2.05) is 0 Å². The minimum Gasteiger partial charge on any atom is -0.272 e. The standard InChI is InChI=1S/C5H5N3O2S/c6-11-5-4(8(9)10)2-1-3-7-5/h1-3H,6H2. The minimum atomic E-state index is -0.512. The van der Waals surface area contributed by atoms with Crippen LogP contribution in [-0.2, 0) is 0 Å². The first-order valence-electron chi connectivity index (χ1n) is 2.72. The van der Waals surface area contributed by atoms with Crippen LogP contribution in [0.5, 0.6) is 0 Å². The summed E-state index contributed by atoms with van der Waals surface area (Å²) in [5.74, 6) is 0. The van der Waals surface area contributed by atoms with Gasteiger partial charge in [0, 0.05) is 12.3 Å². The van der Waals surface area contributed by atoms with Crippen LogP contribution >= 0.6 is 11.9 Å². The van der Waals surface area contributed by atoms with Gasteiger partial charge in [-0.05, 0) is 18.0 Å². The highest BCUT2D eigenvalue weighted by molar-refractivity contribution is 7.97. The SMILES string of the molecule is NSc1ncccc1[N+](=O)[O-]. The largest absolute Gasteiger partial charge is 0.302 e. The first-order valence-corrected chi connectivity index (χ1v) is 3.60. The lowest BCUT2D eigenvalue weighted by atomic mass is 10.4. The van der Waals surface area contributed by atoms with Gasteiger partial charge in [-0.15, -0.1) is 0 Å². The molecule has 0 saturated heterocycles. The molecule has 11 heavy (non-hydrogen) atoms. The number of pyridine rings is 1. The molecule has 5 nitrogen and oxygen atoms in total. The highest BCUT2D eigenvalue weighted by Crippen LogP contribution is 2.21. The second-order valence-corrected chi connectivity index (χ2v) is 2.33. The van der Waals surface area contributed by atoms with Crippen molar-refractivity contribution in [3.63, 3.8) is 0 Å². The van der Waals surface area contributed by atoms with Crippen molar-refractivity contribution in [1.82, 2.24) is 4.98 Å². The van der Waals surface area contributed by atoms with Gasteiger partial charge in [0.15, 0.2) is 5.03 Å². The number of rotatable bonds is 2. The summed E-state index contributed by atoms with van der Waals surface area (Å²) >= 11 is 0.771. The molecular weight excluding hydrogens is 166 g/mol. The minimum absolute atomic E-state index is 0.0556. The van der Waals surface area contributed by atoms with Crippen LogP contribution in [0.25, 0.3) is 0 Å². The lowest BCUT2D eigenvalue weighted by Crippen LogP contribution is -1.94. The number of nitro groups is 1. The van der Waals surface area contributed by atoms with Crippen molar-refractivity contribution < 1.29 is 4.92 Å². The van der Waals surface area contributed by atoms with E-state index in [1.54, 1.807) is 0 Å². The van der Waals surface area contributed by atoms with E-state index in [0.29, 0.717) is 0 Å². The van der Waals surface area contributed by atoms with Crippen LogP contribution in [0.3, 0.4) is 0 Å². The van der Waals surface area contributed by atoms with Gasteiger partial charge in [0.05, 0.1) is 4.92 Å². The Morgan fingerprint density at radius 2 is 2.45 bits per heavy atom. The topological polar surface area (TPSA) is 82.0 Å². The van der Waals surface area contributed by atoms with E-state index in [1.165, 1.54) is 18.3 Å². The van der Waals surface area contributed by atoms with Crippen molar-refractivity contribution in [1.29, 1.82) is 0 Å². The van der Waals surface area contributed by atoms with Gasteiger partial charge < -0.3 is 0 Å². The monoisotopic (exact) mass is 171 g/mol. The van der Waals surface area contributed by atoms with Gasteiger partial charge in [0.25, 0.3) is 0 Å². The molecule has 2 N–H and O–H groups in total. The molecule has 0 atom stereocenters. The molecule has 0 radical (unpaired) electrons. The van der Waals surface area contributed by atoms with Crippen molar-refractivity contribution in [3.05, 3.63) is 28.4 Å². The van der Waals surface area contributed by atoms with Gasteiger partial charge in [0.2, 0.25) is 0 Å². The van der Waals surface area contributed by atoms with E-state index in [0.717, 1.165) is 11.9 Å². The third-order valence-corrected chi connectivity index (χ3v) is 1.60. The van der Waals surface area contributed by atoms with Gasteiger partial charge in [-0.1, -0.05) is 0 Å². The van der Waals surface area contributed by atoms with E-state index < -0.39 is 4.92 Å². The quantitative estimate of drug-likeness (QED) is 0.407. The summed E-state index contributed by atoms with van der Waals surface area (Å²) in [5.41, 5.74) is -0.0556. The van der Waals surface area contributed by atoms with Crippen molar-refractivity contribution in [2.45, 2.75) is 5.03 Å². The zero-order chi connectivity index (χ0) is 8.27. The molecule has 1 heterocycles. The molecule has 0 bridgehead atoms. The van der Waals surface area contributed by atoms with Crippen LogP contribution in [0.2, 0.25) is 0 Å². The average Bonchev–Trinajstić information content (AvgIpc) is 2.04. The molecule has 1 rings (SSSR count). The summed E-state index contributed by atoms with van der Waals surface area (Å²) in [7, 11) is 0. The van der Waals surface area contributed by atoms with E-state index in [2.05, 4.69) is 4.98 Å². The number of nitrogens with zero attached hydrogens (tertiary/aromatic N) is 2. The van der Waals surface area contributed by atoms with Crippen LogP contribution < -0.4 is 5.14 Å². The van der Waals surface area contributed by atoms with Gasteiger partial charge in [-0.25, -0.2) is 4.98 Å². The van der Waals surface area contributed by atoms with Crippen LogP contribution in [0.15, 0.2) is 23.4 Å². The van der Waals surface area contributed by atoms with E-state index in [-0.39, 0.29) is 10.7 Å². The summed E-state index contributed by atoms with van der Waals surface area (Å²) in [6.45, 7) is 0. The van der Waals surface area contributed by atoms with Gasteiger partial charge in [-0.3, -0.25) is 15.3 Å². The lowest BCUT2D eigenvalue weighted by Gasteiger charge is -1.94. The molecule has 1 aromatic rings. The zero-order valence-electron chi connectivity index (χ0n) is 5.43. The average molecular weight is 171 g/mol. The molecule has 0 aliphatic heterocycles. The molecule has 0 aromatic carbocycles. The third kappa shape index (κ3) is 1.66. The number of nitrogens with two attached hydrogens (primary N) is 1. The van der Waals surface area contributed by atoms with E-state index in [9.17, 15) is 10.1 Å². The molecule has 0 aliphatic rings. The third-order valence-electron chi connectivity index (χ3n) is 1.06. The second-order valence-electron chi connectivity index (χ2n) is 1.70. The fourth-order valence-electron chi connectivity index (χ4n) is 0.612. The van der Waals surface area contributed by atoms with E-state index in [4.69, 9.17) is 5.14 Å². The van der Waals surface area contributed by atoms with Crippen molar-refractivity contribution >= 4 is 17.6 Å². The summed E-state index contributed by atoms with van der Waals surface area (Å²) in [6, 6.07) is 2.86. The summed E-state index contributed by atoms with van der Waals surface area (Å²) in [6.07, 6.45) is 1.46. The maximum Gasteiger partial charge on any atom is 0.302 e. The van der Waals surface area contributed by atoms with Gasteiger partial charge >= 0.3 is 5.69 Å². The predicted molar refractivity (Wildman–Crippen MR) is 40.9 cm³/mol. The van der Waals surface area contributed by atoms with Crippen molar-refractivity contribution in [2.75, 3.05) is 0 Å². The molecule has 0 amide bonds. The molecule has 0 fully saturated rings. The van der Waals surface area contributed by atoms with Crippen molar-refractivity contribution in [3.8, 4) is 0 Å². The Hall–Kier alpha value is -1.14. The predicted octanol–water partition coefficient (Wildman–Crippen LogP) is 0.956. The molecule has 0 saturated carbocycles. The maximum absolute atomic E-state index is 10.3. The first-order chi connectivity index (χ1) is 5.25. The highest BCUT2D eigenvalue weighted by atomic mass is 32.2. The van der Waals surface area contributed by atoms with Gasteiger partial charge in [0.1, 0.15) is 0 Å². The fraction of sp³-hybridized carbons (Fsp3) is 0. The number of hydrogen-bond acceptors (Lipinski definition) is 5. The molecule has 0 spiro atoms. The molecule has 0 unspecified atom stereocenters. The fourth-order valence-corrected chi connectivity index (χ4v) is 0.997. The summed E-state index contributed by atoms with van der Waals surface area (Å²) in [4.78, 5) is 13.5. The Labute approximate surface area is 66.9 Å². The smallest absolute Gasteiger partial charge is 0.272 e. The Morgan fingerprint density at radius 3 is 2.91 bits per heavy atom. The normalized spacial score (nSPS) is 9.55. The van der Waals surface area contributed by atoms with Crippen LogP contribution in [0.1, 0.15) is 0 Å². The lowest BCUT2D eigenvalue weighted by molar-refractivity contribution is -0.388. The number of aromatic nitrogens is 1. The van der Waals surface area contributed by atoms with Crippen LogP contribution in [0.4, 0.5) is 5.69 Å².